The summed E-state index contributed by atoms with van der Waals surface area (Å²) >= 11 is 0. The van der Waals surface area contributed by atoms with Gasteiger partial charge in [-0.15, -0.1) is 0 Å². The van der Waals surface area contributed by atoms with Gasteiger partial charge in [-0.1, -0.05) is 19.3 Å². The predicted molar refractivity (Wildman–Crippen MR) is 76.8 cm³/mol. The zero-order valence-corrected chi connectivity index (χ0v) is 12.5. The molecule has 19 heavy (non-hydrogen) atoms. The summed E-state index contributed by atoms with van der Waals surface area (Å²) in [6, 6.07) is 0. The smallest absolute Gasteiger partial charge is 0.223 e. The predicted octanol–water partition coefficient (Wildman–Crippen LogP) is 2.41. The van der Waals surface area contributed by atoms with Crippen LogP contribution in [0.3, 0.4) is 0 Å². The third-order valence-electron chi connectivity index (χ3n) is 5.85. The van der Waals surface area contributed by atoms with Crippen LogP contribution in [0.5, 0.6) is 0 Å². The quantitative estimate of drug-likeness (QED) is 0.830. The molecule has 1 aliphatic carbocycles. The van der Waals surface area contributed by atoms with E-state index in [1.165, 1.54) is 32.1 Å². The van der Waals surface area contributed by atoms with Crippen molar-refractivity contribution < 1.29 is 4.79 Å². The Labute approximate surface area is 117 Å². The van der Waals surface area contributed by atoms with Crippen molar-refractivity contribution in [1.29, 1.82) is 0 Å². The van der Waals surface area contributed by atoms with Gasteiger partial charge >= 0.3 is 0 Å². The van der Waals surface area contributed by atoms with Gasteiger partial charge in [-0.25, -0.2) is 0 Å². The lowest BCUT2D eigenvalue weighted by Crippen LogP contribution is -2.48. The fourth-order valence-electron chi connectivity index (χ4n) is 4.59. The summed E-state index contributed by atoms with van der Waals surface area (Å²) < 4.78 is 0. The largest absolute Gasteiger partial charge is 0.337 e. The second-order valence-corrected chi connectivity index (χ2v) is 7.39. The number of carbonyl (C=O) groups is 1. The maximum atomic E-state index is 12.7. The van der Waals surface area contributed by atoms with Crippen LogP contribution in [0.4, 0.5) is 0 Å². The van der Waals surface area contributed by atoms with E-state index in [9.17, 15) is 4.79 Å². The Bertz CT molecular complexity index is 347. The molecule has 0 aromatic rings. The van der Waals surface area contributed by atoms with Crippen molar-refractivity contribution in [2.24, 2.45) is 17.8 Å². The first-order valence-electron chi connectivity index (χ1n) is 8.10. The summed E-state index contributed by atoms with van der Waals surface area (Å²) in [6.07, 6.45) is 7.38. The van der Waals surface area contributed by atoms with Crippen LogP contribution in [-0.4, -0.2) is 36.0 Å². The number of nitrogens with zero attached hydrogens (tertiary/aromatic N) is 1. The molecule has 2 aliphatic heterocycles. The third-order valence-corrected chi connectivity index (χ3v) is 5.85. The number of likely N-dealkylation sites (tertiary alicyclic amines) is 1. The summed E-state index contributed by atoms with van der Waals surface area (Å²) in [5, 5.41) is 3.48. The van der Waals surface area contributed by atoms with Gasteiger partial charge in [-0.2, -0.15) is 0 Å². The topological polar surface area (TPSA) is 32.3 Å². The minimum atomic E-state index is 0.0555. The van der Waals surface area contributed by atoms with E-state index < -0.39 is 0 Å². The van der Waals surface area contributed by atoms with Crippen LogP contribution in [0.25, 0.3) is 0 Å². The summed E-state index contributed by atoms with van der Waals surface area (Å²) in [7, 11) is 0. The van der Waals surface area contributed by atoms with E-state index in [1.807, 2.05) is 0 Å². The second kappa shape index (κ2) is 5.08. The van der Waals surface area contributed by atoms with Gasteiger partial charge in [-0.3, -0.25) is 4.79 Å². The molecule has 3 heteroatoms. The van der Waals surface area contributed by atoms with Crippen LogP contribution >= 0.6 is 0 Å². The van der Waals surface area contributed by atoms with Gasteiger partial charge < -0.3 is 10.2 Å². The lowest BCUT2D eigenvalue weighted by atomic mass is 9.84. The van der Waals surface area contributed by atoms with Gasteiger partial charge in [0.2, 0.25) is 5.91 Å². The number of hydrogen-bond donors (Lipinski definition) is 1. The van der Waals surface area contributed by atoms with Gasteiger partial charge in [0.15, 0.2) is 0 Å². The van der Waals surface area contributed by atoms with Gasteiger partial charge in [0.25, 0.3) is 0 Å². The first-order chi connectivity index (χ1) is 9.09. The Morgan fingerprint density at radius 2 is 1.95 bits per heavy atom. The summed E-state index contributed by atoms with van der Waals surface area (Å²) in [4.78, 5) is 14.9. The summed E-state index contributed by atoms with van der Waals surface area (Å²) in [5.41, 5.74) is 0.0555. The highest BCUT2D eigenvalue weighted by atomic mass is 16.2. The van der Waals surface area contributed by atoms with E-state index in [0.29, 0.717) is 23.7 Å². The van der Waals surface area contributed by atoms with E-state index >= 15 is 0 Å². The monoisotopic (exact) mass is 264 g/mol. The molecule has 108 valence electrons. The molecule has 0 bridgehead atoms. The van der Waals surface area contributed by atoms with Crippen molar-refractivity contribution in [3.63, 3.8) is 0 Å². The van der Waals surface area contributed by atoms with Gasteiger partial charge in [0.1, 0.15) is 0 Å². The zero-order chi connectivity index (χ0) is 13.5. The standard InChI is InChI=1S/C16H28N2O/c1-16(2)14-10-17-9-13(14)11-18(16)15(19)8-12-6-4-3-5-7-12/h12-14,17H,3-11H2,1-2H3. The highest BCUT2D eigenvalue weighted by Gasteiger charge is 2.51. The minimum absolute atomic E-state index is 0.0555. The maximum absolute atomic E-state index is 12.7. The number of fused-ring (bicyclic) bond motifs is 1. The van der Waals surface area contributed by atoms with Gasteiger partial charge in [0.05, 0.1) is 0 Å². The highest BCUT2D eigenvalue weighted by molar-refractivity contribution is 5.77. The number of rotatable bonds is 2. The Hall–Kier alpha value is -0.570. The SMILES string of the molecule is CC1(C)C2CNCC2CN1C(=O)CC1CCCCC1. The molecule has 3 nitrogen and oxygen atoms in total. The van der Waals surface area contributed by atoms with Crippen LogP contribution < -0.4 is 5.32 Å². The highest BCUT2D eigenvalue weighted by Crippen LogP contribution is 2.41. The first kappa shape index (κ1) is 13.4. The molecule has 2 atom stereocenters. The van der Waals surface area contributed by atoms with Crippen molar-refractivity contribution in [3.8, 4) is 0 Å². The number of carbonyl (C=O) groups excluding carboxylic acids is 1. The molecule has 3 aliphatic rings. The Balaban J connectivity index is 1.63. The molecule has 3 fully saturated rings. The number of amides is 1. The fraction of sp³-hybridized carbons (Fsp3) is 0.938. The molecule has 2 heterocycles. The van der Waals surface area contributed by atoms with Crippen molar-refractivity contribution in [2.75, 3.05) is 19.6 Å². The fourth-order valence-corrected chi connectivity index (χ4v) is 4.59. The average Bonchev–Trinajstić information content (AvgIpc) is 2.93. The van der Waals surface area contributed by atoms with E-state index in [2.05, 4.69) is 24.1 Å². The first-order valence-corrected chi connectivity index (χ1v) is 8.10. The van der Waals surface area contributed by atoms with Crippen LogP contribution in [-0.2, 0) is 4.79 Å². The lowest BCUT2D eigenvalue weighted by molar-refractivity contribution is -0.136. The summed E-state index contributed by atoms with van der Waals surface area (Å²) in [5.74, 6) is 2.43. The molecular weight excluding hydrogens is 236 g/mol. The van der Waals surface area contributed by atoms with E-state index in [1.54, 1.807) is 0 Å². The molecule has 0 radical (unpaired) electrons. The van der Waals surface area contributed by atoms with Crippen LogP contribution in [0.1, 0.15) is 52.4 Å². The van der Waals surface area contributed by atoms with Crippen LogP contribution in [0.15, 0.2) is 0 Å². The van der Waals surface area contributed by atoms with Crippen LogP contribution in [0, 0.1) is 17.8 Å². The molecule has 1 amide bonds. The zero-order valence-electron chi connectivity index (χ0n) is 12.5. The van der Waals surface area contributed by atoms with Gasteiger partial charge in [-0.05, 0) is 44.4 Å². The molecule has 0 spiro atoms. The molecule has 0 aromatic heterocycles. The molecular formula is C16H28N2O. The number of nitrogens with one attached hydrogen (secondary N) is 1. The normalized spacial score (nSPS) is 34.5. The molecule has 2 unspecified atom stereocenters. The van der Waals surface area contributed by atoms with Crippen molar-refractivity contribution in [2.45, 2.75) is 57.9 Å². The van der Waals surface area contributed by atoms with Crippen LogP contribution in [0.2, 0.25) is 0 Å². The molecule has 0 aromatic carbocycles. The Morgan fingerprint density at radius 3 is 2.63 bits per heavy atom. The number of hydrogen-bond acceptors (Lipinski definition) is 2. The molecule has 1 N–H and O–H groups in total. The van der Waals surface area contributed by atoms with Crippen molar-refractivity contribution in [1.82, 2.24) is 10.2 Å². The lowest BCUT2D eigenvalue weighted by Gasteiger charge is -2.36. The molecule has 1 saturated carbocycles. The maximum Gasteiger partial charge on any atom is 0.223 e. The van der Waals surface area contributed by atoms with Crippen molar-refractivity contribution >= 4 is 5.91 Å². The molecule has 3 rings (SSSR count). The van der Waals surface area contributed by atoms with E-state index in [4.69, 9.17) is 0 Å². The minimum Gasteiger partial charge on any atom is -0.337 e. The molecule has 2 saturated heterocycles. The second-order valence-electron chi connectivity index (χ2n) is 7.39. The van der Waals surface area contributed by atoms with E-state index in [-0.39, 0.29) is 5.54 Å². The van der Waals surface area contributed by atoms with Gasteiger partial charge in [0, 0.05) is 31.6 Å². The Morgan fingerprint density at radius 1 is 1.21 bits per heavy atom. The average molecular weight is 264 g/mol. The Kier molecular flexibility index (Phi) is 3.59. The third kappa shape index (κ3) is 2.42. The summed E-state index contributed by atoms with van der Waals surface area (Å²) in [6.45, 7) is 7.70. The van der Waals surface area contributed by atoms with E-state index in [0.717, 1.165) is 26.1 Å². The van der Waals surface area contributed by atoms with Crippen molar-refractivity contribution in [3.05, 3.63) is 0 Å².